The molecule has 21 atom stereocenters. The van der Waals surface area contributed by atoms with Gasteiger partial charge in [-0.2, -0.15) is 8.62 Å². The van der Waals surface area contributed by atoms with Gasteiger partial charge in [0.25, 0.3) is 0 Å². The Hall–Kier alpha value is -3.05. The van der Waals surface area contributed by atoms with E-state index in [4.69, 9.17) is 70.3 Å². The monoisotopic (exact) mass is 1540 g/mol. The molecule has 0 aromatic carbocycles. The number of phosphoric acid groups is 4. The van der Waals surface area contributed by atoms with Crippen molar-refractivity contribution in [3.8, 4) is 0 Å². The molecule has 4 aromatic rings. The van der Waals surface area contributed by atoms with Gasteiger partial charge in [0.15, 0.2) is 5.90 Å². The average molecular weight is 1540 g/mol. The largest absolute Gasteiger partial charge is 0.490 e. The fourth-order valence-corrected chi connectivity index (χ4v) is 20.3. The molecule has 50 heteroatoms. The van der Waals surface area contributed by atoms with Crippen LogP contribution < -0.4 is 22.2 Å². The number of aromatic nitrogens is 4. The summed E-state index contributed by atoms with van der Waals surface area (Å²) in [5.41, 5.74) is 2.36. The molecule has 0 amide bonds. The van der Waals surface area contributed by atoms with Gasteiger partial charge in [0.2, 0.25) is 22.2 Å². The van der Waals surface area contributed by atoms with Crippen molar-refractivity contribution in [2.24, 2.45) is 0 Å². The summed E-state index contributed by atoms with van der Waals surface area (Å²) in [5, 5.41) is 89.0. The predicted molar refractivity (Wildman–Crippen MR) is 318 cm³/mol. The molecule has 0 spiro atoms. The van der Waals surface area contributed by atoms with E-state index in [-0.39, 0.29) is 29.9 Å². The van der Waals surface area contributed by atoms with Crippen LogP contribution in [0.5, 0.6) is 0 Å². The Kier molecular flexibility index (Phi) is 27.5. The number of hydrogen-bond acceptors (Lipinski definition) is 31. The highest BCUT2D eigenvalue weighted by Gasteiger charge is 2.54. The molecule has 5 aliphatic rings. The molecular weight excluding hydrogens is 1480 g/mol. The molecule has 0 radical (unpaired) electrons. The van der Waals surface area contributed by atoms with Crippen LogP contribution in [0.4, 0.5) is 0 Å². The van der Waals surface area contributed by atoms with Crippen molar-refractivity contribution in [2.45, 2.75) is 125 Å². The molecule has 0 bridgehead atoms. The number of pyridine rings is 4. The maximum Gasteiger partial charge on any atom is 0.490 e. The summed E-state index contributed by atoms with van der Waals surface area (Å²) in [6, 6.07) is 10.8. The van der Waals surface area contributed by atoms with Gasteiger partial charge in [0.1, 0.15) is 97.7 Å². The Morgan fingerprint density at radius 2 is 0.789 bits per heavy atom. The Balaban J connectivity index is 0.000000204. The Morgan fingerprint density at radius 1 is 0.474 bits per heavy atom. The molecule has 9 heterocycles. The zero-order valence-electron chi connectivity index (χ0n) is 49.0. The number of rotatable bonds is 18. The van der Waals surface area contributed by atoms with E-state index < -0.39 is 175 Å². The van der Waals surface area contributed by atoms with E-state index in [2.05, 4.69) is 41.7 Å². The van der Waals surface area contributed by atoms with Crippen molar-refractivity contribution in [1.29, 1.82) is 0 Å². The number of halogens is 2. The SMILES string of the molecule is Cc1[nH]c(=O)ccc1[C@@H]1O[C@H](CO)C(O)[C@@H]1O.Cc1[nH]c(=O)ccc1[C@@H]1O[C@H](COP(=O)(Cl)Cl)C(O)[C@@H]1O.Cc1[nH]c(=O)ccc1[C@@H]1O[C@H](COP(=O)(O)OP(=O)(O)OP(=O)(O)O)C(O)[C@@H]1O.Cc1[nH]c(=O)ccc1[C@@H]1O[C@H](COP2(=O)CP(=O)(O)OP(=O)(O)O2)C(O)[C@@H]1O. The Bertz CT molecular complexity index is 3930. The minimum atomic E-state index is -5.68. The van der Waals surface area contributed by atoms with Crippen LogP contribution in [-0.4, -0.2) is 201 Å². The van der Waals surface area contributed by atoms with Gasteiger partial charge in [-0.25, -0.2) is 26.9 Å². The smallest absolute Gasteiger partial charge is 0.394 e. The molecule has 5 saturated heterocycles. The molecule has 41 nitrogen and oxygen atoms in total. The fraction of sp³-hybridized carbons (Fsp3) is 0.556. The van der Waals surface area contributed by atoms with E-state index in [9.17, 15) is 107 Å². The second-order valence-corrected chi connectivity index (χ2v) is 35.8. The molecule has 95 heavy (non-hydrogen) atoms. The van der Waals surface area contributed by atoms with Gasteiger partial charge in [-0.15, -0.1) is 0 Å². The Morgan fingerprint density at radius 3 is 1.08 bits per heavy atom. The highest BCUT2D eigenvalue weighted by Crippen LogP contribution is 2.79. The molecule has 5 fully saturated rings. The van der Waals surface area contributed by atoms with Crippen LogP contribution in [-0.2, 0) is 81.7 Å². The van der Waals surface area contributed by atoms with Crippen LogP contribution in [0.1, 0.15) is 69.4 Å². The molecular formula is C45H65Cl2N4O37P7. The fourth-order valence-electron chi connectivity index (χ4n) is 9.66. The highest BCUT2D eigenvalue weighted by molar-refractivity contribution is 8.05. The van der Waals surface area contributed by atoms with Gasteiger partial charge >= 0.3 is 52.6 Å². The van der Waals surface area contributed by atoms with Crippen LogP contribution >= 0.6 is 75.0 Å². The van der Waals surface area contributed by atoms with Crippen molar-refractivity contribution in [2.75, 3.05) is 32.3 Å². The van der Waals surface area contributed by atoms with E-state index in [1.807, 2.05) is 0 Å². The minimum absolute atomic E-state index is 0.238. The summed E-state index contributed by atoms with van der Waals surface area (Å²) in [7, 11) is -30.9. The number of aryl methyl sites for hydroxylation is 4. The van der Waals surface area contributed by atoms with Crippen LogP contribution in [0.25, 0.3) is 0 Å². The van der Waals surface area contributed by atoms with Crippen molar-refractivity contribution in [3.05, 3.63) is 135 Å². The van der Waals surface area contributed by atoms with E-state index in [0.29, 0.717) is 45.0 Å². The molecule has 0 saturated carbocycles. The summed E-state index contributed by atoms with van der Waals surface area (Å²) in [4.78, 5) is 109. The molecule has 4 aromatic heterocycles. The number of phosphoric ester groups is 1. The number of H-pyrrole nitrogens is 4. The van der Waals surface area contributed by atoms with Gasteiger partial charge < -0.3 is 123 Å². The van der Waals surface area contributed by atoms with Gasteiger partial charge in [0.05, 0.1) is 26.4 Å². The summed E-state index contributed by atoms with van der Waals surface area (Å²) >= 11 is 10.5. The lowest BCUT2D eigenvalue weighted by Crippen LogP contribution is -2.33. The third-order valence-corrected chi connectivity index (χ3v) is 25.8. The molecule has 0 aliphatic carbocycles. The minimum Gasteiger partial charge on any atom is -0.394 e. The number of ether oxygens (including phenoxy) is 4. The van der Waals surface area contributed by atoms with Crippen molar-refractivity contribution in [1.82, 2.24) is 19.9 Å². The van der Waals surface area contributed by atoms with Crippen LogP contribution in [0, 0.1) is 27.7 Å². The molecule has 9 unspecified atom stereocenters. The number of aliphatic hydroxyl groups is 9. The Labute approximate surface area is 542 Å². The van der Waals surface area contributed by atoms with Crippen LogP contribution in [0.3, 0.4) is 0 Å². The number of nitrogens with one attached hydrogen (secondary N) is 4. The van der Waals surface area contributed by atoms with E-state index in [1.54, 1.807) is 26.8 Å². The molecule has 536 valence electrons. The normalized spacial score (nSPS) is 34.4. The first kappa shape index (κ1) is 80.9. The average Bonchev–Trinajstić information content (AvgIpc) is 1.41. The van der Waals surface area contributed by atoms with E-state index in [0.717, 1.165) is 6.07 Å². The molecule has 5 aliphatic heterocycles. The van der Waals surface area contributed by atoms with Gasteiger partial charge in [-0.1, -0.05) is 0 Å². The first-order valence-corrected chi connectivity index (χ1v) is 39.8. The van der Waals surface area contributed by atoms with Crippen LogP contribution in [0.15, 0.2) is 67.7 Å². The third-order valence-electron chi connectivity index (χ3n) is 13.9. The summed E-state index contributed by atoms with van der Waals surface area (Å²) in [6.45, 7) is 4.10. The highest BCUT2D eigenvalue weighted by atomic mass is 35.9. The number of aliphatic hydroxyl groups excluding tert-OH is 9. The molecule has 9 rings (SSSR count). The van der Waals surface area contributed by atoms with Gasteiger partial charge in [-0.05, 0) is 74.4 Å². The maximum absolute atomic E-state index is 12.4. The van der Waals surface area contributed by atoms with Crippen molar-refractivity contribution < 1.29 is 157 Å². The van der Waals surface area contributed by atoms with Crippen LogP contribution in [0.2, 0.25) is 0 Å². The quantitative estimate of drug-likeness (QED) is 0.0575. The van der Waals surface area contributed by atoms with E-state index >= 15 is 0 Å². The lowest BCUT2D eigenvalue weighted by molar-refractivity contribution is -0.0230. The predicted octanol–water partition coefficient (Wildman–Crippen LogP) is -0.182. The summed E-state index contributed by atoms with van der Waals surface area (Å²) in [5.74, 6) is -1.17. The van der Waals surface area contributed by atoms with Crippen molar-refractivity contribution >= 4 is 75.0 Å². The van der Waals surface area contributed by atoms with E-state index in [1.165, 1.54) is 43.3 Å². The second-order valence-electron chi connectivity index (χ2n) is 21.0. The lowest BCUT2D eigenvalue weighted by Gasteiger charge is -2.28. The lowest BCUT2D eigenvalue weighted by atomic mass is 10.0. The number of aromatic amines is 4. The topological polar surface area (TPSA) is 656 Å². The summed E-state index contributed by atoms with van der Waals surface area (Å²) < 4.78 is 131. The zero-order chi connectivity index (χ0) is 71.5. The summed E-state index contributed by atoms with van der Waals surface area (Å²) in [6.07, 6.45) is -22.8. The maximum atomic E-state index is 12.4. The van der Waals surface area contributed by atoms with Crippen molar-refractivity contribution in [3.63, 3.8) is 0 Å². The first-order valence-electron chi connectivity index (χ1n) is 26.8. The first-order chi connectivity index (χ1) is 43.6. The zero-order valence-corrected chi connectivity index (χ0v) is 56.7. The third kappa shape index (κ3) is 22.5. The standard InChI is InChI=1S/C12H18NO12P3.C11H14Cl2NO6P.C11H18NO14P3.C11H15NO5/c1-6-7(2-3-9(14)13-6)12-11(16)10(15)8(23-12)4-22-27(19)5-26(17,18)24-28(20,21)25-27;1-5-6(2-3-8(15)14-5)11-10(17)9(16)7(20-11)4-19-21(12,13)18;1-5-6(2-3-8(13)12-5)11-10(15)9(14)7(24-11)4-23-28(19,20)26-29(21,22)25-27(16,17)18;1-5-6(2-3-8(14)12-5)11-10(16)9(15)7(4-13)17-11/h2-3,8,10-12,15-16H,4-5H2,1H3,(H,13,14)(H,17,18)(H,20,21);2-3,7,9-11,16-17H,4H2,1H3,(H,14,15);2-3,7,9-11,14-15H,4H2,1H3,(H,12,13)(H,19,20)(H,21,22)(H2,16,17,18);2-3,7,9-11,13,15-16H,4H2,1H3,(H,12,14)/t8-,10?,11+,12+,27?;3*7-,9?,10+,11+/m1111/s1. The molecule has 19 N–H and O–H groups in total. The van der Waals surface area contributed by atoms with Gasteiger partial charge in [-0.3, -0.25) is 37.4 Å². The second kappa shape index (κ2) is 32.3. The van der Waals surface area contributed by atoms with Gasteiger partial charge in [0, 0.05) is 69.3 Å². The number of hydrogen-bond donors (Lipinski definition) is 19.